The Morgan fingerprint density at radius 3 is 2.62 bits per heavy atom. The Labute approximate surface area is 173 Å². The van der Waals surface area contributed by atoms with Crippen LogP contribution in [-0.4, -0.2) is 92.1 Å². The number of sulfonamides is 1. The average molecular weight is 425 g/mol. The minimum absolute atomic E-state index is 0.115. The highest BCUT2D eigenvalue weighted by atomic mass is 32.2. The number of methoxy groups -OCH3 is 1. The van der Waals surface area contributed by atoms with Gasteiger partial charge in [-0.15, -0.1) is 0 Å². The Balaban J connectivity index is 1.62. The van der Waals surface area contributed by atoms with Gasteiger partial charge in [-0.2, -0.15) is 4.31 Å². The Morgan fingerprint density at radius 1 is 1.24 bits per heavy atom. The Bertz CT molecular complexity index is 778. The van der Waals surface area contributed by atoms with Gasteiger partial charge >= 0.3 is 0 Å². The highest BCUT2D eigenvalue weighted by molar-refractivity contribution is 7.88. The van der Waals surface area contributed by atoms with E-state index in [9.17, 15) is 13.2 Å². The van der Waals surface area contributed by atoms with E-state index in [0.717, 1.165) is 38.9 Å². The van der Waals surface area contributed by atoms with E-state index in [1.165, 1.54) is 32.4 Å². The number of piperidine rings is 1. The average Bonchev–Trinajstić information content (AvgIpc) is 3.23. The van der Waals surface area contributed by atoms with E-state index in [2.05, 4.69) is 9.88 Å². The van der Waals surface area contributed by atoms with Crippen LogP contribution in [0, 0.1) is 0 Å². The first-order chi connectivity index (χ1) is 13.9. The molecule has 0 radical (unpaired) electrons. The van der Waals surface area contributed by atoms with Crippen molar-refractivity contribution in [3.8, 4) is 5.88 Å². The van der Waals surface area contributed by atoms with E-state index in [1.807, 2.05) is 0 Å². The van der Waals surface area contributed by atoms with Crippen molar-refractivity contribution in [2.45, 2.75) is 38.1 Å². The lowest BCUT2D eigenvalue weighted by Gasteiger charge is -2.38. The zero-order valence-electron chi connectivity index (χ0n) is 17.4. The molecule has 3 heterocycles. The number of amides is 1. The number of carbonyl (C=O) groups excluding carboxylic acids is 1. The van der Waals surface area contributed by atoms with Crippen LogP contribution in [0.25, 0.3) is 0 Å². The summed E-state index contributed by atoms with van der Waals surface area (Å²) in [6.45, 7) is 4.71. The number of likely N-dealkylation sites (tertiary alicyclic amines) is 2. The summed E-state index contributed by atoms with van der Waals surface area (Å²) >= 11 is 0. The summed E-state index contributed by atoms with van der Waals surface area (Å²) < 4.78 is 31.6. The fourth-order valence-electron chi connectivity index (χ4n) is 4.26. The molecule has 0 N–H and O–H groups in total. The van der Waals surface area contributed by atoms with Crippen molar-refractivity contribution in [1.82, 2.24) is 19.1 Å². The van der Waals surface area contributed by atoms with Gasteiger partial charge in [-0.1, -0.05) is 0 Å². The second-order valence-corrected chi connectivity index (χ2v) is 9.85. The maximum Gasteiger partial charge on any atom is 0.255 e. The molecule has 2 fully saturated rings. The molecule has 162 valence electrons. The molecule has 0 bridgehead atoms. The number of aromatic nitrogens is 1. The summed E-state index contributed by atoms with van der Waals surface area (Å²) in [5.74, 6) is 0.342. The van der Waals surface area contributed by atoms with Crippen LogP contribution in [0.1, 0.15) is 42.5 Å². The number of ether oxygens (including phenoxy) is 1. The minimum atomic E-state index is -3.34. The second-order valence-electron chi connectivity index (χ2n) is 7.91. The molecule has 29 heavy (non-hydrogen) atoms. The molecule has 3 rings (SSSR count). The highest BCUT2D eigenvalue weighted by Crippen LogP contribution is 2.21. The molecule has 9 heteroatoms. The van der Waals surface area contributed by atoms with Crippen molar-refractivity contribution in [3.05, 3.63) is 23.9 Å². The molecule has 1 aromatic heterocycles. The first-order valence-corrected chi connectivity index (χ1v) is 12.2. The van der Waals surface area contributed by atoms with Gasteiger partial charge in [0.15, 0.2) is 0 Å². The number of carbonyl (C=O) groups is 1. The fraction of sp³-hybridized carbons (Fsp3) is 0.700. The summed E-state index contributed by atoms with van der Waals surface area (Å²) in [6.07, 6.45) is 7.64. The van der Waals surface area contributed by atoms with Crippen molar-refractivity contribution >= 4 is 15.9 Å². The van der Waals surface area contributed by atoms with Crippen LogP contribution in [0.3, 0.4) is 0 Å². The zero-order chi connectivity index (χ0) is 20.9. The predicted molar refractivity (Wildman–Crippen MR) is 112 cm³/mol. The van der Waals surface area contributed by atoms with Crippen LogP contribution < -0.4 is 4.74 Å². The number of nitrogens with zero attached hydrogens (tertiary/aromatic N) is 4. The highest BCUT2D eigenvalue weighted by Gasteiger charge is 2.32. The standard InChI is InChI=1S/C20H32N4O4S/c1-28-19-9-8-17(15-21-19)20(25)23-13-5-7-18(16-23)24(29(2,26)27)14-6-12-22-10-3-4-11-22/h8-9,15,18H,3-7,10-14,16H2,1-2H3. The van der Waals surface area contributed by atoms with E-state index in [1.54, 1.807) is 21.3 Å². The molecule has 0 saturated carbocycles. The second kappa shape index (κ2) is 9.86. The number of pyridine rings is 1. The molecule has 8 nitrogen and oxygen atoms in total. The predicted octanol–water partition coefficient (Wildman–Crippen LogP) is 1.44. The monoisotopic (exact) mass is 424 g/mol. The summed E-state index contributed by atoms with van der Waals surface area (Å²) in [4.78, 5) is 21.1. The third-order valence-electron chi connectivity index (χ3n) is 5.76. The minimum Gasteiger partial charge on any atom is -0.481 e. The first-order valence-electron chi connectivity index (χ1n) is 10.4. The third-order valence-corrected chi connectivity index (χ3v) is 7.09. The lowest BCUT2D eigenvalue weighted by atomic mass is 10.0. The topological polar surface area (TPSA) is 83.0 Å². The van der Waals surface area contributed by atoms with E-state index in [4.69, 9.17) is 4.74 Å². The van der Waals surface area contributed by atoms with Gasteiger partial charge in [-0.05, 0) is 57.8 Å². The quantitative estimate of drug-likeness (QED) is 0.628. The van der Waals surface area contributed by atoms with Crippen molar-refractivity contribution in [2.75, 3.05) is 52.6 Å². The number of hydrogen-bond donors (Lipinski definition) is 0. The summed E-state index contributed by atoms with van der Waals surface area (Å²) in [6, 6.07) is 3.19. The normalized spacial score (nSPS) is 20.9. The molecule has 2 aliphatic heterocycles. The maximum atomic E-state index is 12.9. The van der Waals surface area contributed by atoms with Crippen LogP contribution >= 0.6 is 0 Å². The summed E-state index contributed by atoms with van der Waals surface area (Å²) in [5, 5.41) is 0. The van der Waals surface area contributed by atoms with E-state index in [0.29, 0.717) is 31.1 Å². The van der Waals surface area contributed by atoms with Crippen LogP contribution in [0.5, 0.6) is 5.88 Å². The Hall–Kier alpha value is -1.71. The lowest BCUT2D eigenvalue weighted by molar-refractivity contribution is 0.0652. The summed E-state index contributed by atoms with van der Waals surface area (Å²) in [7, 11) is -1.80. The van der Waals surface area contributed by atoms with E-state index in [-0.39, 0.29) is 11.9 Å². The van der Waals surface area contributed by atoms with Gasteiger partial charge in [0.25, 0.3) is 5.91 Å². The molecule has 0 aromatic carbocycles. The largest absolute Gasteiger partial charge is 0.481 e. The van der Waals surface area contributed by atoms with Crippen LogP contribution in [-0.2, 0) is 10.0 Å². The Kier molecular flexibility index (Phi) is 7.48. The van der Waals surface area contributed by atoms with Crippen LogP contribution in [0.2, 0.25) is 0 Å². The van der Waals surface area contributed by atoms with Crippen LogP contribution in [0.4, 0.5) is 0 Å². The molecule has 1 atom stereocenters. The molecule has 1 amide bonds. The summed E-state index contributed by atoms with van der Waals surface area (Å²) in [5.41, 5.74) is 0.492. The number of hydrogen-bond acceptors (Lipinski definition) is 6. The van der Waals surface area contributed by atoms with E-state index < -0.39 is 10.0 Å². The van der Waals surface area contributed by atoms with Crippen LogP contribution in [0.15, 0.2) is 18.3 Å². The smallest absolute Gasteiger partial charge is 0.255 e. The fourth-order valence-corrected chi connectivity index (χ4v) is 5.43. The molecule has 1 aromatic rings. The van der Waals surface area contributed by atoms with Gasteiger partial charge in [0.2, 0.25) is 15.9 Å². The van der Waals surface area contributed by atoms with Gasteiger partial charge < -0.3 is 14.5 Å². The van der Waals surface area contributed by atoms with Gasteiger partial charge in [0.1, 0.15) is 0 Å². The molecule has 0 spiro atoms. The first kappa shape index (κ1) is 22.0. The lowest BCUT2D eigenvalue weighted by Crippen LogP contribution is -2.52. The molecule has 1 unspecified atom stereocenters. The molecule has 2 saturated heterocycles. The molecular formula is C20H32N4O4S. The van der Waals surface area contributed by atoms with Crippen molar-refractivity contribution in [1.29, 1.82) is 0 Å². The SMILES string of the molecule is COc1ccc(C(=O)N2CCCC(N(CCCN3CCCC3)S(C)(=O)=O)C2)cn1. The van der Waals surface area contributed by atoms with E-state index >= 15 is 0 Å². The zero-order valence-corrected chi connectivity index (χ0v) is 18.2. The number of rotatable bonds is 8. The molecule has 2 aliphatic rings. The van der Waals surface area contributed by atoms with Gasteiger partial charge in [-0.25, -0.2) is 13.4 Å². The maximum absolute atomic E-state index is 12.9. The van der Waals surface area contributed by atoms with Gasteiger partial charge in [0, 0.05) is 37.9 Å². The van der Waals surface area contributed by atoms with Crippen molar-refractivity contribution in [3.63, 3.8) is 0 Å². The third kappa shape index (κ3) is 5.90. The van der Waals surface area contributed by atoms with Gasteiger partial charge in [-0.3, -0.25) is 4.79 Å². The van der Waals surface area contributed by atoms with Crippen molar-refractivity contribution < 1.29 is 17.9 Å². The van der Waals surface area contributed by atoms with Gasteiger partial charge in [0.05, 0.1) is 18.9 Å². The molecule has 0 aliphatic carbocycles. The molecular weight excluding hydrogens is 392 g/mol. The Morgan fingerprint density at radius 2 is 2.00 bits per heavy atom. The van der Waals surface area contributed by atoms with Crippen molar-refractivity contribution in [2.24, 2.45) is 0 Å².